The summed E-state index contributed by atoms with van der Waals surface area (Å²) in [6, 6.07) is 4.64. The Hall–Kier alpha value is -1.79. The second-order valence-electron chi connectivity index (χ2n) is 4.32. The van der Waals surface area contributed by atoms with Crippen LogP contribution in [0, 0.1) is 0 Å². The Morgan fingerprint density at radius 3 is 2.68 bits per heavy atom. The Bertz CT molecular complexity index is 534. The monoisotopic (exact) mass is 284 g/mol. The molecule has 0 radical (unpaired) electrons. The molecule has 19 heavy (non-hydrogen) atoms. The summed E-state index contributed by atoms with van der Waals surface area (Å²) >= 11 is 0. The van der Waals surface area contributed by atoms with Crippen molar-refractivity contribution in [2.45, 2.75) is 19.0 Å². The quantitative estimate of drug-likeness (QED) is 0.796. The molecule has 0 unspecified atom stereocenters. The summed E-state index contributed by atoms with van der Waals surface area (Å²) in [4.78, 5) is 24.5. The van der Waals surface area contributed by atoms with E-state index in [0.29, 0.717) is 11.5 Å². The van der Waals surface area contributed by atoms with E-state index in [4.69, 9.17) is 15.2 Å². The van der Waals surface area contributed by atoms with Crippen LogP contribution in [-0.2, 0) is 16.1 Å². The summed E-state index contributed by atoms with van der Waals surface area (Å²) in [6.07, 6.45) is 0.0867. The van der Waals surface area contributed by atoms with Crippen LogP contribution in [0.2, 0.25) is 0 Å². The molecule has 2 N–H and O–H groups in total. The fraction of sp³-hybridized carbons (Fsp3) is 0.333. The van der Waals surface area contributed by atoms with Gasteiger partial charge in [-0.25, -0.2) is 0 Å². The molecule has 2 heterocycles. The van der Waals surface area contributed by atoms with Crippen molar-refractivity contribution in [2.75, 3.05) is 6.79 Å². The number of fused-ring (bicyclic) bond motifs is 1. The summed E-state index contributed by atoms with van der Waals surface area (Å²) < 4.78 is 10.4. The molecule has 1 atom stereocenters. The van der Waals surface area contributed by atoms with Crippen molar-refractivity contribution in [1.82, 2.24) is 4.90 Å². The molecule has 2 aliphatic rings. The van der Waals surface area contributed by atoms with Crippen LogP contribution in [0.3, 0.4) is 0 Å². The number of carbonyl (C=O) groups is 2. The molecule has 0 aliphatic carbocycles. The van der Waals surface area contributed by atoms with E-state index in [-0.39, 0.29) is 44.0 Å². The number of nitrogens with zero attached hydrogens (tertiary/aromatic N) is 1. The minimum absolute atomic E-state index is 0. The van der Waals surface area contributed by atoms with Crippen molar-refractivity contribution in [3.8, 4) is 11.5 Å². The summed E-state index contributed by atoms with van der Waals surface area (Å²) in [6.45, 7) is 0.424. The molecular weight excluding hydrogens is 272 g/mol. The van der Waals surface area contributed by atoms with Gasteiger partial charge in [0.1, 0.15) is 0 Å². The van der Waals surface area contributed by atoms with E-state index in [0.717, 1.165) is 5.56 Å². The molecule has 0 spiro atoms. The van der Waals surface area contributed by atoms with E-state index >= 15 is 0 Å². The predicted octanol–water partition coefficient (Wildman–Crippen LogP) is 0.423. The fourth-order valence-electron chi connectivity index (χ4n) is 2.10. The van der Waals surface area contributed by atoms with Crippen molar-refractivity contribution >= 4 is 24.2 Å². The first kappa shape index (κ1) is 13.6. The van der Waals surface area contributed by atoms with Gasteiger partial charge in [-0.2, -0.15) is 0 Å². The molecule has 1 saturated heterocycles. The van der Waals surface area contributed by atoms with Crippen molar-refractivity contribution in [3.05, 3.63) is 23.8 Å². The topological polar surface area (TPSA) is 81.9 Å². The van der Waals surface area contributed by atoms with Gasteiger partial charge in [0.2, 0.25) is 18.6 Å². The molecule has 0 bridgehead atoms. The molecule has 6 nitrogen and oxygen atoms in total. The van der Waals surface area contributed by atoms with E-state index in [1.165, 1.54) is 4.90 Å². The number of hydrogen-bond donors (Lipinski definition) is 1. The zero-order valence-electron chi connectivity index (χ0n) is 10.00. The number of imide groups is 1. The van der Waals surface area contributed by atoms with Gasteiger partial charge in [-0.1, -0.05) is 6.07 Å². The molecule has 1 fully saturated rings. The lowest BCUT2D eigenvalue weighted by molar-refractivity contribution is -0.139. The maximum atomic E-state index is 11.7. The number of ether oxygens (including phenoxy) is 2. The van der Waals surface area contributed by atoms with E-state index in [2.05, 4.69) is 0 Å². The Kier molecular flexibility index (Phi) is 3.64. The van der Waals surface area contributed by atoms with Crippen LogP contribution in [0.5, 0.6) is 11.5 Å². The maximum absolute atomic E-state index is 11.7. The molecule has 7 heteroatoms. The molecule has 0 aromatic heterocycles. The normalized spacial score (nSPS) is 20.7. The first-order chi connectivity index (χ1) is 8.65. The van der Waals surface area contributed by atoms with Crippen LogP contribution in [0.4, 0.5) is 0 Å². The van der Waals surface area contributed by atoms with Gasteiger partial charge in [0.15, 0.2) is 11.5 Å². The first-order valence-electron chi connectivity index (χ1n) is 5.63. The van der Waals surface area contributed by atoms with Gasteiger partial charge < -0.3 is 15.2 Å². The van der Waals surface area contributed by atoms with Crippen LogP contribution < -0.4 is 15.2 Å². The van der Waals surface area contributed by atoms with Gasteiger partial charge >= 0.3 is 0 Å². The molecule has 1 aromatic carbocycles. The van der Waals surface area contributed by atoms with Crippen LogP contribution in [0.25, 0.3) is 0 Å². The Morgan fingerprint density at radius 2 is 2.00 bits per heavy atom. The highest BCUT2D eigenvalue weighted by Gasteiger charge is 2.36. The fourth-order valence-corrected chi connectivity index (χ4v) is 2.10. The standard InChI is InChI=1S/C12H12N2O4.ClH/c13-8-4-11(15)14(12(8)16)5-7-1-2-9-10(3-7)18-6-17-9;/h1-3,8H,4-6,13H2;1H/t8-;/m0./s1. The van der Waals surface area contributed by atoms with Crippen LogP contribution in [0.15, 0.2) is 18.2 Å². The first-order valence-corrected chi connectivity index (χ1v) is 5.63. The molecule has 2 amide bonds. The van der Waals surface area contributed by atoms with Crippen molar-refractivity contribution in [3.63, 3.8) is 0 Å². The van der Waals surface area contributed by atoms with E-state index < -0.39 is 6.04 Å². The van der Waals surface area contributed by atoms with Crippen molar-refractivity contribution in [1.29, 1.82) is 0 Å². The van der Waals surface area contributed by atoms with Crippen LogP contribution in [-0.4, -0.2) is 29.5 Å². The lowest BCUT2D eigenvalue weighted by atomic mass is 10.2. The Morgan fingerprint density at radius 1 is 1.26 bits per heavy atom. The van der Waals surface area contributed by atoms with E-state index in [1.54, 1.807) is 18.2 Å². The smallest absolute Gasteiger partial charge is 0.246 e. The maximum Gasteiger partial charge on any atom is 0.246 e. The van der Waals surface area contributed by atoms with Gasteiger partial charge in [0, 0.05) is 0 Å². The summed E-state index contributed by atoms with van der Waals surface area (Å²) in [5.74, 6) is 0.758. The third kappa shape index (κ3) is 2.36. The summed E-state index contributed by atoms with van der Waals surface area (Å²) in [5, 5.41) is 0. The largest absolute Gasteiger partial charge is 0.454 e. The number of benzene rings is 1. The van der Waals surface area contributed by atoms with Crippen molar-refractivity contribution < 1.29 is 19.1 Å². The van der Waals surface area contributed by atoms with E-state index in [1.807, 2.05) is 0 Å². The minimum Gasteiger partial charge on any atom is -0.454 e. The molecular formula is C12H13ClN2O4. The van der Waals surface area contributed by atoms with Crippen molar-refractivity contribution in [2.24, 2.45) is 5.73 Å². The molecule has 1 aromatic rings. The highest BCUT2D eigenvalue weighted by atomic mass is 35.5. The zero-order valence-corrected chi connectivity index (χ0v) is 10.8. The highest BCUT2D eigenvalue weighted by molar-refractivity contribution is 6.05. The van der Waals surface area contributed by atoms with Gasteiger partial charge in [0.05, 0.1) is 19.0 Å². The molecule has 2 aliphatic heterocycles. The average Bonchev–Trinajstić information content (AvgIpc) is 2.89. The third-order valence-electron chi connectivity index (χ3n) is 3.06. The zero-order chi connectivity index (χ0) is 12.7. The second-order valence-corrected chi connectivity index (χ2v) is 4.32. The second kappa shape index (κ2) is 5.07. The number of amides is 2. The van der Waals surface area contributed by atoms with Gasteiger partial charge in [-0.05, 0) is 17.7 Å². The van der Waals surface area contributed by atoms with Crippen LogP contribution >= 0.6 is 12.4 Å². The SMILES string of the molecule is Cl.N[C@H]1CC(=O)N(Cc2ccc3c(c2)OCO3)C1=O. The number of rotatable bonds is 2. The number of halogens is 1. The minimum atomic E-state index is -0.702. The number of likely N-dealkylation sites (tertiary alicyclic amines) is 1. The average molecular weight is 285 g/mol. The number of nitrogens with two attached hydrogens (primary N) is 1. The molecule has 102 valence electrons. The third-order valence-corrected chi connectivity index (χ3v) is 3.06. The van der Waals surface area contributed by atoms with Gasteiger partial charge in [0.25, 0.3) is 0 Å². The highest BCUT2D eigenvalue weighted by Crippen LogP contribution is 2.33. The lowest BCUT2D eigenvalue weighted by Gasteiger charge is -2.14. The van der Waals surface area contributed by atoms with Crippen LogP contribution in [0.1, 0.15) is 12.0 Å². The molecule has 3 rings (SSSR count). The predicted molar refractivity (Wildman–Crippen MR) is 68.0 cm³/mol. The number of hydrogen-bond acceptors (Lipinski definition) is 5. The number of carbonyl (C=O) groups excluding carboxylic acids is 2. The van der Waals surface area contributed by atoms with Gasteiger partial charge in [-0.15, -0.1) is 12.4 Å². The molecule has 0 saturated carbocycles. The van der Waals surface area contributed by atoms with E-state index in [9.17, 15) is 9.59 Å². The Balaban J connectivity index is 0.00000133. The summed E-state index contributed by atoms with van der Waals surface area (Å²) in [5.41, 5.74) is 6.36. The van der Waals surface area contributed by atoms with Gasteiger partial charge in [-0.3, -0.25) is 14.5 Å². The summed E-state index contributed by atoms with van der Waals surface area (Å²) in [7, 11) is 0. The Labute approximate surface area is 115 Å². The lowest BCUT2D eigenvalue weighted by Crippen LogP contribution is -2.34.